The fourth-order valence-corrected chi connectivity index (χ4v) is 2.26. The van der Waals surface area contributed by atoms with E-state index >= 15 is 0 Å². The number of hydrogen-bond donors (Lipinski definition) is 2. The first-order valence-electron chi connectivity index (χ1n) is 8.38. The summed E-state index contributed by atoms with van der Waals surface area (Å²) >= 11 is 0. The van der Waals surface area contributed by atoms with Gasteiger partial charge in [-0.3, -0.25) is 4.99 Å². The monoisotopic (exact) mass is 320 g/mol. The van der Waals surface area contributed by atoms with E-state index in [2.05, 4.69) is 66.9 Å². The van der Waals surface area contributed by atoms with Gasteiger partial charge in [-0.25, -0.2) is 0 Å². The van der Waals surface area contributed by atoms with Crippen molar-refractivity contribution in [3.8, 4) is 0 Å². The standard InChI is InChI=1S/C18H32N4O/c1-5-19-18(20-12-9-13-23-4)21-15-17(22(2)3)14-16-10-7-6-8-11-16/h6-8,10-11,17H,5,9,12-15H2,1-4H3,(H2,19,20,21). The maximum absolute atomic E-state index is 5.07. The van der Waals surface area contributed by atoms with Crippen LogP contribution in [-0.2, 0) is 11.2 Å². The lowest BCUT2D eigenvalue weighted by Crippen LogP contribution is -2.40. The van der Waals surface area contributed by atoms with Gasteiger partial charge in [-0.2, -0.15) is 0 Å². The van der Waals surface area contributed by atoms with E-state index in [1.807, 2.05) is 0 Å². The molecule has 130 valence electrons. The topological polar surface area (TPSA) is 48.9 Å². The second-order valence-corrected chi connectivity index (χ2v) is 5.80. The molecule has 2 N–H and O–H groups in total. The Kier molecular flexibility index (Phi) is 10.1. The molecule has 5 heteroatoms. The summed E-state index contributed by atoms with van der Waals surface area (Å²) in [5.41, 5.74) is 1.35. The van der Waals surface area contributed by atoms with E-state index in [4.69, 9.17) is 9.73 Å². The maximum Gasteiger partial charge on any atom is 0.191 e. The number of nitrogens with one attached hydrogen (secondary N) is 2. The van der Waals surface area contributed by atoms with Crippen molar-refractivity contribution in [2.45, 2.75) is 25.8 Å². The van der Waals surface area contributed by atoms with E-state index in [1.165, 1.54) is 5.56 Å². The molecule has 0 bridgehead atoms. The lowest BCUT2D eigenvalue weighted by Gasteiger charge is -2.23. The highest BCUT2D eigenvalue weighted by Gasteiger charge is 2.12. The molecule has 0 saturated carbocycles. The van der Waals surface area contributed by atoms with Crippen molar-refractivity contribution in [3.63, 3.8) is 0 Å². The quantitative estimate of drug-likeness (QED) is 0.392. The van der Waals surface area contributed by atoms with Gasteiger partial charge in [0.05, 0.1) is 6.54 Å². The molecule has 1 atom stereocenters. The van der Waals surface area contributed by atoms with Crippen LogP contribution in [0, 0.1) is 0 Å². The minimum absolute atomic E-state index is 0.381. The van der Waals surface area contributed by atoms with Gasteiger partial charge in [-0.15, -0.1) is 0 Å². The molecule has 0 spiro atoms. The molecule has 23 heavy (non-hydrogen) atoms. The van der Waals surface area contributed by atoms with Gasteiger partial charge in [0.15, 0.2) is 5.96 Å². The number of methoxy groups -OCH3 is 1. The van der Waals surface area contributed by atoms with Crippen LogP contribution in [0.1, 0.15) is 18.9 Å². The Labute approximate surface area is 141 Å². The number of benzene rings is 1. The predicted octanol–water partition coefficient (Wildman–Crippen LogP) is 1.75. The van der Waals surface area contributed by atoms with Crippen molar-refractivity contribution in [2.75, 3.05) is 47.4 Å². The van der Waals surface area contributed by atoms with Gasteiger partial charge in [0.2, 0.25) is 0 Å². The highest BCUT2D eigenvalue weighted by atomic mass is 16.5. The fraction of sp³-hybridized carbons (Fsp3) is 0.611. The smallest absolute Gasteiger partial charge is 0.191 e. The van der Waals surface area contributed by atoms with E-state index in [-0.39, 0.29) is 0 Å². The van der Waals surface area contributed by atoms with Crippen molar-refractivity contribution in [2.24, 2.45) is 4.99 Å². The molecule has 0 amide bonds. The second-order valence-electron chi connectivity index (χ2n) is 5.80. The summed E-state index contributed by atoms with van der Waals surface area (Å²) in [4.78, 5) is 6.98. The molecule has 0 aromatic heterocycles. The number of nitrogens with zero attached hydrogens (tertiary/aromatic N) is 2. The third kappa shape index (κ3) is 8.57. The molecule has 1 unspecified atom stereocenters. The van der Waals surface area contributed by atoms with Gasteiger partial charge in [0, 0.05) is 32.8 Å². The number of likely N-dealkylation sites (N-methyl/N-ethyl adjacent to an activating group) is 1. The summed E-state index contributed by atoms with van der Waals surface area (Å²) in [6.07, 6.45) is 1.97. The molecule has 0 radical (unpaired) electrons. The molecule has 1 aromatic rings. The van der Waals surface area contributed by atoms with E-state index in [0.29, 0.717) is 6.04 Å². The minimum atomic E-state index is 0.381. The van der Waals surface area contributed by atoms with Crippen molar-refractivity contribution in [1.82, 2.24) is 15.5 Å². The van der Waals surface area contributed by atoms with Gasteiger partial charge in [0.1, 0.15) is 0 Å². The Balaban J connectivity index is 2.57. The van der Waals surface area contributed by atoms with E-state index in [1.54, 1.807) is 7.11 Å². The first-order valence-corrected chi connectivity index (χ1v) is 8.38. The molecular weight excluding hydrogens is 288 g/mol. The molecule has 0 fully saturated rings. The zero-order valence-electron chi connectivity index (χ0n) is 15.0. The molecule has 1 aromatic carbocycles. The first kappa shape index (κ1) is 19.5. The van der Waals surface area contributed by atoms with Crippen molar-refractivity contribution in [3.05, 3.63) is 35.9 Å². The van der Waals surface area contributed by atoms with E-state index in [9.17, 15) is 0 Å². The van der Waals surface area contributed by atoms with Crippen molar-refractivity contribution >= 4 is 5.96 Å². The molecule has 0 saturated heterocycles. The Morgan fingerprint density at radius 3 is 2.57 bits per heavy atom. The SMILES string of the molecule is CCNC(=NCC(Cc1ccccc1)N(C)C)NCCCOC. The molecular formula is C18H32N4O. The van der Waals surface area contributed by atoms with Crippen molar-refractivity contribution in [1.29, 1.82) is 0 Å². The molecule has 5 nitrogen and oxygen atoms in total. The third-order valence-corrected chi connectivity index (χ3v) is 3.67. The largest absolute Gasteiger partial charge is 0.385 e. The highest BCUT2D eigenvalue weighted by molar-refractivity contribution is 5.79. The highest BCUT2D eigenvalue weighted by Crippen LogP contribution is 2.07. The van der Waals surface area contributed by atoms with E-state index < -0.39 is 0 Å². The van der Waals surface area contributed by atoms with Gasteiger partial charge < -0.3 is 20.3 Å². The second kappa shape index (κ2) is 11.9. The summed E-state index contributed by atoms with van der Waals surface area (Å²) in [5.74, 6) is 0.878. The summed E-state index contributed by atoms with van der Waals surface area (Å²) < 4.78 is 5.07. The Hall–Kier alpha value is -1.59. The summed E-state index contributed by atoms with van der Waals surface area (Å²) in [5, 5.41) is 6.65. The lowest BCUT2D eigenvalue weighted by molar-refractivity contribution is 0.195. The van der Waals surface area contributed by atoms with Crippen LogP contribution in [0.2, 0.25) is 0 Å². The minimum Gasteiger partial charge on any atom is -0.385 e. The van der Waals surface area contributed by atoms with Crippen LogP contribution in [0.25, 0.3) is 0 Å². The van der Waals surface area contributed by atoms with Crippen LogP contribution in [-0.4, -0.2) is 64.3 Å². The molecule has 0 aliphatic heterocycles. The lowest BCUT2D eigenvalue weighted by atomic mass is 10.1. The van der Waals surface area contributed by atoms with Crippen LogP contribution in [0.15, 0.2) is 35.3 Å². The van der Waals surface area contributed by atoms with E-state index in [0.717, 1.165) is 45.0 Å². The van der Waals surface area contributed by atoms with Crippen LogP contribution in [0.3, 0.4) is 0 Å². The van der Waals surface area contributed by atoms with Crippen molar-refractivity contribution < 1.29 is 4.74 Å². The zero-order valence-corrected chi connectivity index (χ0v) is 15.0. The van der Waals surface area contributed by atoms with Gasteiger partial charge in [-0.1, -0.05) is 30.3 Å². The fourth-order valence-electron chi connectivity index (χ4n) is 2.26. The third-order valence-electron chi connectivity index (χ3n) is 3.67. The number of aliphatic imine (C=N–C) groups is 1. The summed E-state index contributed by atoms with van der Waals surface area (Å²) in [6, 6.07) is 11.0. The van der Waals surface area contributed by atoms with Gasteiger partial charge in [-0.05, 0) is 39.4 Å². The van der Waals surface area contributed by atoms with Gasteiger partial charge >= 0.3 is 0 Å². The van der Waals surface area contributed by atoms with Crippen LogP contribution >= 0.6 is 0 Å². The molecule has 0 aliphatic rings. The summed E-state index contributed by atoms with van der Waals surface area (Å²) in [6.45, 7) is 5.34. The van der Waals surface area contributed by atoms with Crippen LogP contribution in [0.5, 0.6) is 0 Å². The number of rotatable bonds is 10. The molecule has 0 aliphatic carbocycles. The Bertz CT molecular complexity index is 434. The Morgan fingerprint density at radius 2 is 1.96 bits per heavy atom. The predicted molar refractivity (Wildman–Crippen MR) is 98.1 cm³/mol. The normalized spacial score (nSPS) is 13.2. The number of hydrogen-bond acceptors (Lipinski definition) is 3. The average molecular weight is 320 g/mol. The van der Waals surface area contributed by atoms with Crippen LogP contribution < -0.4 is 10.6 Å². The maximum atomic E-state index is 5.07. The first-order chi connectivity index (χ1) is 11.2. The van der Waals surface area contributed by atoms with Crippen LogP contribution in [0.4, 0.5) is 0 Å². The van der Waals surface area contributed by atoms with Gasteiger partial charge in [0.25, 0.3) is 0 Å². The molecule has 1 rings (SSSR count). The average Bonchev–Trinajstić information content (AvgIpc) is 2.55. The zero-order chi connectivity index (χ0) is 16.9. The summed E-state index contributed by atoms with van der Waals surface area (Å²) in [7, 11) is 5.95. The number of ether oxygens (including phenoxy) is 1. The number of guanidine groups is 1. The molecule has 0 heterocycles. The Morgan fingerprint density at radius 1 is 1.22 bits per heavy atom.